The number of aromatic nitrogens is 1. The van der Waals surface area contributed by atoms with E-state index in [1.165, 1.54) is 6.07 Å². The van der Waals surface area contributed by atoms with Gasteiger partial charge in [0.25, 0.3) is 0 Å². The van der Waals surface area contributed by atoms with Crippen molar-refractivity contribution in [3.05, 3.63) is 58.6 Å². The van der Waals surface area contributed by atoms with Crippen LogP contribution in [-0.2, 0) is 13.1 Å². The summed E-state index contributed by atoms with van der Waals surface area (Å²) in [5.41, 5.74) is 1.76. The lowest BCUT2D eigenvalue weighted by molar-refractivity contribution is 0.587. The Morgan fingerprint density at radius 1 is 1.32 bits per heavy atom. The first kappa shape index (κ1) is 14.1. The van der Waals surface area contributed by atoms with Crippen molar-refractivity contribution in [2.75, 3.05) is 6.54 Å². The van der Waals surface area contributed by atoms with E-state index in [-0.39, 0.29) is 5.82 Å². The molecule has 102 valence electrons. The van der Waals surface area contributed by atoms with Crippen molar-refractivity contribution in [2.45, 2.75) is 26.4 Å². The molecule has 0 atom stereocenters. The van der Waals surface area contributed by atoms with E-state index in [0.717, 1.165) is 25.2 Å². The zero-order chi connectivity index (χ0) is 13.7. The molecule has 0 radical (unpaired) electrons. The molecule has 4 heteroatoms. The van der Waals surface area contributed by atoms with E-state index in [1.54, 1.807) is 12.1 Å². The van der Waals surface area contributed by atoms with Crippen LogP contribution in [0.15, 0.2) is 36.5 Å². The maximum atomic E-state index is 13.7. The van der Waals surface area contributed by atoms with Gasteiger partial charge in [0.1, 0.15) is 5.82 Å². The minimum absolute atomic E-state index is 0.217. The zero-order valence-corrected chi connectivity index (χ0v) is 11.8. The van der Waals surface area contributed by atoms with E-state index in [1.807, 2.05) is 22.9 Å². The minimum atomic E-state index is -0.217. The van der Waals surface area contributed by atoms with Crippen LogP contribution in [0.2, 0.25) is 5.02 Å². The van der Waals surface area contributed by atoms with Crippen molar-refractivity contribution >= 4 is 11.6 Å². The van der Waals surface area contributed by atoms with E-state index in [2.05, 4.69) is 12.2 Å². The summed E-state index contributed by atoms with van der Waals surface area (Å²) in [4.78, 5) is 0. The number of halogens is 2. The maximum Gasteiger partial charge on any atom is 0.128 e. The molecule has 0 aliphatic rings. The Balaban J connectivity index is 2.10. The Bertz CT molecular complexity index is 537. The number of benzene rings is 1. The zero-order valence-electron chi connectivity index (χ0n) is 11.0. The molecule has 2 rings (SSSR count). The predicted octanol–water partition coefficient (Wildman–Crippen LogP) is 3.83. The number of nitrogens with zero attached hydrogens (tertiary/aromatic N) is 1. The summed E-state index contributed by atoms with van der Waals surface area (Å²) in [6.07, 6.45) is 3.06. The van der Waals surface area contributed by atoms with E-state index >= 15 is 0 Å². The molecule has 1 N–H and O–H groups in total. The highest BCUT2D eigenvalue weighted by Crippen LogP contribution is 2.17. The summed E-state index contributed by atoms with van der Waals surface area (Å²) in [6, 6.07) is 8.69. The van der Waals surface area contributed by atoms with Crippen LogP contribution in [0.1, 0.15) is 24.6 Å². The molecule has 2 nitrogen and oxygen atoms in total. The number of hydrogen-bond donors (Lipinski definition) is 1. The first-order valence-electron chi connectivity index (χ1n) is 6.49. The molecule has 1 aromatic heterocycles. The molecule has 0 saturated carbocycles. The van der Waals surface area contributed by atoms with Gasteiger partial charge in [-0.05, 0) is 43.3 Å². The van der Waals surface area contributed by atoms with Gasteiger partial charge in [-0.2, -0.15) is 0 Å². The van der Waals surface area contributed by atoms with Crippen molar-refractivity contribution in [1.29, 1.82) is 0 Å². The van der Waals surface area contributed by atoms with E-state index < -0.39 is 0 Å². The molecule has 0 aliphatic carbocycles. The number of nitrogens with one attached hydrogen (secondary N) is 1. The molecule has 1 heterocycles. The highest BCUT2D eigenvalue weighted by Gasteiger charge is 2.06. The van der Waals surface area contributed by atoms with Crippen LogP contribution in [0, 0.1) is 5.82 Å². The molecule has 0 aliphatic heterocycles. The molecular formula is C15H18ClFN2. The molecule has 2 aromatic rings. The molecule has 0 amide bonds. The summed E-state index contributed by atoms with van der Waals surface area (Å²) in [6.45, 7) is 4.41. The minimum Gasteiger partial charge on any atom is -0.346 e. The molecule has 0 bridgehead atoms. The Morgan fingerprint density at radius 3 is 2.95 bits per heavy atom. The lowest BCUT2D eigenvalue weighted by Gasteiger charge is -2.11. The van der Waals surface area contributed by atoms with Gasteiger partial charge in [-0.3, -0.25) is 0 Å². The molecule has 0 fully saturated rings. The third-order valence-corrected chi connectivity index (χ3v) is 3.24. The predicted molar refractivity (Wildman–Crippen MR) is 76.9 cm³/mol. The van der Waals surface area contributed by atoms with Crippen molar-refractivity contribution in [3.8, 4) is 0 Å². The van der Waals surface area contributed by atoms with E-state index in [0.29, 0.717) is 17.1 Å². The largest absolute Gasteiger partial charge is 0.346 e. The van der Waals surface area contributed by atoms with Gasteiger partial charge in [0, 0.05) is 29.0 Å². The summed E-state index contributed by atoms with van der Waals surface area (Å²) in [5, 5.41) is 3.91. The van der Waals surface area contributed by atoms with Crippen LogP contribution in [-0.4, -0.2) is 11.1 Å². The van der Waals surface area contributed by atoms with Gasteiger partial charge in [-0.1, -0.05) is 18.5 Å². The third-order valence-electron chi connectivity index (χ3n) is 3.00. The van der Waals surface area contributed by atoms with Crippen molar-refractivity contribution in [1.82, 2.24) is 9.88 Å². The summed E-state index contributed by atoms with van der Waals surface area (Å²) < 4.78 is 15.8. The van der Waals surface area contributed by atoms with Gasteiger partial charge < -0.3 is 9.88 Å². The average Bonchev–Trinajstić information content (AvgIpc) is 2.82. The van der Waals surface area contributed by atoms with Gasteiger partial charge in [0.05, 0.1) is 6.54 Å². The third kappa shape index (κ3) is 3.82. The van der Waals surface area contributed by atoms with Gasteiger partial charge in [0.2, 0.25) is 0 Å². The van der Waals surface area contributed by atoms with E-state index in [9.17, 15) is 4.39 Å². The van der Waals surface area contributed by atoms with Gasteiger partial charge in [-0.15, -0.1) is 0 Å². The summed E-state index contributed by atoms with van der Waals surface area (Å²) in [5.74, 6) is -0.217. The molecule has 0 saturated heterocycles. The van der Waals surface area contributed by atoms with Crippen LogP contribution < -0.4 is 5.32 Å². The first-order valence-corrected chi connectivity index (χ1v) is 6.87. The van der Waals surface area contributed by atoms with E-state index in [4.69, 9.17) is 11.6 Å². The van der Waals surface area contributed by atoms with Crippen LogP contribution in [0.5, 0.6) is 0 Å². The number of hydrogen-bond acceptors (Lipinski definition) is 1. The average molecular weight is 281 g/mol. The van der Waals surface area contributed by atoms with Gasteiger partial charge in [-0.25, -0.2) is 4.39 Å². The van der Waals surface area contributed by atoms with Crippen LogP contribution in [0.3, 0.4) is 0 Å². The normalized spacial score (nSPS) is 10.9. The standard InChI is InChI=1S/C15H18ClFN2/c1-2-7-18-10-14-4-3-8-19(14)11-12-9-13(16)5-6-15(12)17/h3-6,8-9,18H,2,7,10-11H2,1H3. The molecular weight excluding hydrogens is 263 g/mol. The highest BCUT2D eigenvalue weighted by atomic mass is 35.5. The second-order valence-electron chi connectivity index (χ2n) is 4.54. The van der Waals surface area contributed by atoms with Crippen LogP contribution >= 0.6 is 11.6 Å². The van der Waals surface area contributed by atoms with Gasteiger partial charge >= 0.3 is 0 Å². The summed E-state index contributed by atoms with van der Waals surface area (Å²) in [7, 11) is 0. The van der Waals surface area contributed by atoms with Crippen LogP contribution in [0.25, 0.3) is 0 Å². The lowest BCUT2D eigenvalue weighted by Crippen LogP contribution is -2.17. The second-order valence-corrected chi connectivity index (χ2v) is 4.98. The molecule has 1 aromatic carbocycles. The smallest absolute Gasteiger partial charge is 0.128 e. The Labute approximate surface area is 118 Å². The van der Waals surface area contributed by atoms with Gasteiger partial charge in [0.15, 0.2) is 0 Å². The Hall–Kier alpha value is -1.32. The molecule has 0 spiro atoms. The fourth-order valence-electron chi connectivity index (χ4n) is 2.01. The SMILES string of the molecule is CCCNCc1cccn1Cc1cc(Cl)ccc1F. The molecule has 19 heavy (non-hydrogen) atoms. The lowest BCUT2D eigenvalue weighted by atomic mass is 10.2. The fraction of sp³-hybridized carbons (Fsp3) is 0.333. The number of rotatable bonds is 6. The Kier molecular flexibility index (Phi) is 5.00. The van der Waals surface area contributed by atoms with Crippen molar-refractivity contribution < 1.29 is 4.39 Å². The quantitative estimate of drug-likeness (QED) is 0.796. The van der Waals surface area contributed by atoms with Crippen LogP contribution in [0.4, 0.5) is 4.39 Å². The molecule has 0 unspecified atom stereocenters. The first-order chi connectivity index (χ1) is 9.20. The second kappa shape index (κ2) is 6.73. The highest BCUT2D eigenvalue weighted by molar-refractivity contribution is 6.30. The van der Waals surface area contributed by atoms with Crippen molar-refractivity contribution in [3.63, 3.8) is 0 Å². The fourth-order valence-corrected chi connectivity index (χ4v) is 2.20. The summed E-state index contributed by atoms with van der Waals surface area (Å²) >= 11 is 5.91. The topological polar surface area (TPSA) is 17.0 Å². The Morgan fingerprint density at radius 2 is 2.16 bits per heavy atom. The van der Waals surface area contributed by atoms with Crippen molar-refractivity contribution in [2.24, 2.45) is 0 Å². The monoisotopic (exact) mass is 280 g/mol. The maximum absolute atomic E-state index is 13.7.